The van der Waals surface area contributed by atoms with Gasteiger partial charge in [-0.25, -0.2) is 12.7 Å². The van der Waals surface area contributed by atoms with Gasteiger partial charge < -0.3 is 5.32 Å². The fourth-order valence-corrected chi connectivity index (χ4v) is 3.82. The van der Waals surface area contributed by atoms with Gasteiger partial charge in [-0.05, 0) is 30.7 Å². The number of hydrogen-bond acceptors (Lipinski definition) is 4. The van der Waals surface area contributed by atoms with Gasteiger partial charge >= 0.3 is 0 Å². The molecule has 0 radical (unpaired) electrons. The lowest BCUT2D eigenvalue weighted by atomic mass is 10.1. The highest BCUT2D eigenvalue weighted by Gasteiger charge is 2.20. The second-order valence-corrected chi connectivity index (χ2v) is 8.59. The molecule has 7 heteroatoms. The van der Waals surface area contributed by atoms with Crippen molar-refractivity contribution in [2.45, 2.75) is 37.5 Å². The summed E-state index contributed by atoms with van der Waals surface area (Å²) in [6.07, 6.45) is 1.89. The Bertz CT molecular complexity index is 894. The van der Waals surface area contributed by atoms with Gasteiger partial charge in [-0.1, -0.05) is 43.7 Å². The zero-order chi connectivity index (χ0) is 20.6. The average Bonchev–Trinajstić information content (AvgIpc) is 2.71. The van der Waals surface area contributed by atoms with E-state index in [-0.39, 0.29) is 29.4 Å². The predicted octanol–water partition coefficient (Wildman–Crippen LogP) is 3.71. The molecule has 2 rings (SSSR count). The topological polar surface area (TPSA) is 83.6 Å². The van der Waals surface area contributed by atoms with E-state index in [9.17, 15) is 18.0 Å². The Morgan fingerprint density at radius 2 is 1.61 bits per heavy atom. The summed E-state index contributed by atoms with van der Waals surface area (Å²) in [4.78, 5) is 24.3. The van der Waals surface area contributed by atoms with Crippen molar-refractivity contribution in [1.29, 1.82) is 0 Å². The number of sulfonamides is 1. The fourth-order valence-electron chi connectivity index (χ4n) is 2.61. The first-order valence-electron chi connectivity index (χ1n) is 9.29. The molecule has 0 heterocycles. The zero-order valence-corrected chi connectivity index (χ0v) is 17.0. The van der Waals surface area contributed by atoms with Gasteiger partial charge in [0.25, 0.3) is 0 Å². The largest absolute Gasteiger partial charge is 0.326 e. The molecule has 0 aliphatic heterocycles. The number of nitrogens with one attached hydrogen (secondary N) is 1. The highest BCUT2D eigenvalue weighted by molar-refractivity contribution is 7.89. The Morgan fingerprint density at radius 3 is 2.21 bits per heavy atom. The second kappa shape index (κ2) is 10.1. The molecule has 0 fully saturated rings. The number of hydrogen-bond donors (Lipinski definition) is 1. The molecule has 0 saturated carbocycles. The van der Waals surface area contributed by atoms with Crippen LogP contribution in [0.3, 0.4) is 0 Å². The molecule has 6 nitrogen and oxygen atoms in total. The summed E-state index contributed by atoms with van der Waals surface area (Å²) in [6, 6.07) is 14.9. The minimum atomic E-state index is -3.53. The van der Waals surface area contributed by atoms with E-state index < -0.39 is 10.0 Å². The maximum atomic E-state index is 12.5. The summed E-state index contributed by atoms with van der Waals surface area (Å²) >= 11 is 0. The molecule has 2 aromatic carbocycles. The average molecular weight is 403 g/mol. The summed E-state index contributed by atoms with van der Waals surface area (Å²) < 4.78 is 26.3. The summed E-state index contributed by atoms with van der Waals surface area (Å²) in [5, 5.41) is 2.69. The van der Waals surface area contributed by atoms with Crippen LogP contribution in [-0.4, -0.2) is 38.0 Å². The quantitative estimate of drug-likeness (QED) is 0.614. The number of nitrogens with zero attached hydrogens (tertiary/aromatic N) is 1. The van der Waals surface area contributed by atoms with Gasteiger partial charge in [0.05, 0.1) is 4.90 Å². The van der Waals surface area contributed by atoms with Crippen molar-refractivity contribution in [3.05, 3.63) is 60.2 Å². The van der Waals surface area contributed by atoms with Gasteiger partial charge in [-0.15, -0.1) is 0 Å². The Kier molecular flexibility index (Phi) is 7.90. The maximum absolute atomic E-state index is 12.5. The molecule has 1 amide bonds. The van der Waals surface area contributed by atoms with Crippen LogP contribution in [0.15, 0.2) is 59.5 Å². The number of carbonyl (C=O) groups is 2. The SMILES string of the molecule is CCCCN(C)S(=O)(=O)c1ccc(NC(=O)CCC(=O)c2ccccc2)cc1. The Morgan fingerprint density at radius 1 is 0.964 bits per heavy atom. The van der Waals surface area contributed by atoms with Crippen LogP contribution in [0.2, 0.25) is 0 Å². The van der Waals surface area contributed by atoms with E-state index in [2.05, 4.69) is 5.32 Å². The van der Waals surface area contributed by atoms with Crippen molar-refractivity contribution >= 4 is 27.4 Å². The summed E-state index contributed by atoms with van der Waals surface area (Å²) in [5.41, 5.74) is 1.07. The van der Waals surface area contributed by atoms with Crippen LogP contribution < -0.4 is 5.32 Å². The van der Waals surface area contributed by atoms with Crippen LogP contribution in [0.25, 0.3) is 0 Å². The van der Waals surface area contributed by atoms with Crippen molar-refractivity contribution in [2.75, 3.05) is 18.9 Å². The lowest BCUT2D eigenvalue weighted by Crippen LogP contribution is -2.27. The van der Waals surface area contributed by atoms with Crippen molar-refractivity contribution < 1.29 is 18.0 Å². The summed E-state index contributed by atoms with van der Waals surface area (Å²) in [7, 11) is -1.97. The molecule has 2 aromatic rings. The molecule has 150 valence electrons. The molecule has 0 saturated heterocycles. The van der Waals surface area contributed by atoms with E-state index in [1.54, 1.807) is 43.4 Å². The molecular weight excluding hydrogens is 376 g/mol. The van der Waals surface area contributed by atoms with Crippen molar-refractivity contribution in [3.63, 3.8) is 0 Å². The molecule has 28 heavy (non-hydrogen) atoms. The fraction of sp³-hybridized carbons (Fsp3) is 0.333. The number of Topliss-reactive ketones (excluding diaryl/α,β-unsaturated/α-hetero) is 1. The van der Waals surface area contributed by atoms with Gasteiger partial charge in [-0.2, -0.15) is 0 Å². The van der Waals surface area contributed by atoms with Crippen LogP contribution in [0.5, 0.6) is 0 Å². The Hall–Kier alpha value is -2.51. The highest BCUT2D eigenvalue weighted by Crippen LogP contribution is 2.18. The van der Waals surface area contributed by atoms with Gasteiger partial charge in [-0.3, -0.25) is 9.59 Å². The lowest BCUT2D eigenvalue weighted by molar-refractivity contribution is -0.116. The van der Waals surface area contributed by atoms with Crippen LogP contribution >= 0.6 is 0 Å². The number of anilines is 1. The predicted molar refractivity (Wildman–Crippen MR) is 110 cm³/mol. The molecule has 1 N–H and O–H groups in total. The highest BCUT2D eigenvalue weighted by atomic mass is 32.2. The molecule has 0 spiro atoms. The standard InChI is InChI=1S/C21H26N2O4S/c1-3-4-16-23(2)28(26,27)19-12-10-18(11-13-19)22-21(25)15-14-20(24)17-8-6-5-7-9-17/h5-13H,3-4,14-16H2,1-2H3,(H,22,25). The number of benzene rings is 2. The zero-order valence-electron chi connectivity index (χ0n) is 16.2. The summed E-state index contributed by atoms with van der Waals surface area (Å²) in [5.74, 6) is -0.382. The van der Waals surface area contributed by atoms with E-state index in [4.69, 9.17) is 0 Å². The van der Waals surface area contributed by atoms with Gasteiger partial charge in [0.1, 0.15) is 0 Å². The summed E-state index contributed by atoms with van der Waals surface area (Å²) in [6.45, 7) is 2.47. The first kappa shape index (κ1) is 21.8. The smallest absolute Gasteiger partial charge is 0.242 e. The number of rotatable bonds is 10. The normalized spacial score (nSPS) is 11.4. The third-order valence-electron chi connectivity index (χ3n) is 4.35. The molecular formula is C21H26N2O4S. The lowest BCUT2D eigenvalue weighted by Gasteiger charge is -2.17. The first-order valence-corrected chi connectivity index (χ1v) is 10.7. The van der Waals surface area contributed by atoms with Crippen molar-refractivity contribution in [1.82, 2.24) is 4.31 Å². The molecule has 0 unspecified atom stereocenters. The molecule has 0 atom stereocenters. The van der Waals surface area contributed by atoms with Gasteiger partial charge in [0.2, 0.25) is 15.9 Å². The number of unbranched alkanes of at least 4 members (excludes halogenated alkanes) is 1. The van der Waals surface area contributed by atoms with Gasteiger partial charge in [0, 0.05) is 37.7 Å². The molecule has 0 aliphatic rings. The van der Waals surface area contributed by atoms with E-state index in [0.29, 0.717) is 17.8 Å². The van der Waals surface area contributed by atoms with Crippen molar-refractivity contribution in [3.8, 4) is 0 Å². The number of amides is 1. The van der Waals surface area contributed by atoms with E-state index in [1.807, 2.05) is 13.0 Å². The third kappa shape index (κ3) is 6.00. The molecule has 0 bridgehead atoms. The second-order valence-electron chi connectivity index (χ2n) is 6.54. The minimum absolute atomic E-state index is 0.0630. The maximum Gasteiger partial charge on any atom is 0.242 e. The van der Waals surface area contributed by atoms with Crippen molar-refractivity contribution in [2.24, 2.45) is 0 Å². The number of ketones is 1. The molecule has 0 aromatic heterocycles. The first-order chi connectivity index (χ1) is 13.3. The van der Waals surface area contributed by atoms with Crippen LogP contribution in [0.4, 0.5) is 5.69 Å². The monoisotopic (exact) mass is 402 g/mol. The van der Waals surface area contributed by atoms with E-state index >= 15 is 0 Å². The van der Waals surface area contributed by atoms with E-state index in [1.165, 1.54) is 16.4 Å². The Labute approximate surface area is 166 Å². The minimum Gasteiger partial charge on any atom is -0.326 e. The van der Waals surface area contributed by atoms with E-state index in [0.717, 1.165) is 12.8 Å². The van der Waals surface area contributed by atoms with Gasteiger partial charge in [0.15, 0.2) is 5.78 Å². The van der Waals surface area contributed by atoms with Crippen LogP contribution in [0, 0.1) is 0 Å². The Balaban J connectivity index is 1.91. The van der Waals surface area contributed by atoms with Crippen LogP contribution in [0.1, 0.15) is 43.0 Å². The third-order valence-corrected chi connectivity index (χ3v) is 6.22. The van der Waals surface area contributed by atoms with Crippen LogP contribution in [-0.2, 0) is 14.8 Å². The number of carbonyl (C=O) groups excluding carboxylic acids is 2. The molecule has 0 aliphatic carbocycles.